The maximum absolute atomic E-state index is 4.30. The molecule has 0 bridgehead atoms. The van der Waals surface area contributed by atoms with Crippen LogP contribution in [-0.4, -0.2) is 16.5 Å². The molecule has 1 aromatic heterocycles. The highest BCUT2D eigenvalue weighted by molar-refractivity contribution is 5.89. The van der Waals surface area contributed by atoms with Crippen LogP contribution in [-0.2, 0) is 0 Å². The molecule has 1 N–H and O–H groups in total. The Morgan fingerprint density at radius 2 is 2.12 bits per heavy atom. The third-order valence-electron chi connectivity index (χ3n) is 2.61. The number of fused-ring (bicyclic) bond motifs is 1. The van der Waals surface area contributed by atoms with E-state index >= 15 is 0 Å². The van der Waals surface area contributed by atoms with Crippen LogP contribution < -0.4 is 5.32 Å². The molecule has 0 spiro atoms. The smallest absolute Gasteiger partial charge is 0.137 e. The molecule has 84 valence electrons. The summed E-state index contributed by atoms with van der Waals surface area (Å²) in [5.74, 6) is 0.946. The highest BCUT2D eigenvalue weighted by Crippen LogP contribution is 2.20. The number of aromatic nitrogens is 2. The van der Waals surface area contributed by atoms with Crippen LogP contribution in [0.5, 0.6) is 0 Å². The average molecular weight is 215 g/mol. The van der Waals surface area contributed by atoms with Gasteiger partial charge in [-0.2, -0.15) is 0 Å². The van der Waals surface area contributed by atoms with Crippen LogP contribution in [0.3, 0.4) is 0 Å². The molecule has 1 aromatic carbocycles. The van der Waals surface area contributed by atoms with Gasteiger partial charge in [0, 0.05) is 11.9 Å². The average Bonchev–Trinajstić information content (AvgIpc) is 2.30. The highest BCUT2D eigenvalue weighted by atomic mass is 15.0. The predicted molar refractivity (Wildman–Crippen MR) is 67.7 cm³/mol. The molecular formula is C13H17N3. The van der Waals surface area contributed by atoms with Crippen LogP contribution in [0, 0.1) is 6.92 Å². The third-order valence-corrected chi connectivity index (χ3v) is 2.61. The lowest BCUT2D eigenvalue weighted by Gasteiger charge is -2.07. The molecule has 0 atom stereocenters. The summed E-state index contributed by atoms with van der Waals surface area (Å²) in [5, 5.41) is 4.47. The van der Waals surface area contributed by atoms with Gasteiger partial charge < -0.3 is 5.32 Å². The number of hydrogen-bond acceptors (Lipinski definition) is 3. The van der Waals surface area contributed by atoms with Gasteiger partial charge in [-0.1, -0.05) is 25.0 Å². The number of unbranched alkanes of at least 4 members (excludes halogenated alkanes) is 1. The summed E-state index contributed by atoms with van der Waals surface area (Å²) in [6, 6.07) is 6.24. The van der Waals surface area contributed by atoms with Gasteiger partial charge >= 0.3 is 0 Å². The van der Waals surface area contributed by atoms with Gasteiger partial charge in [-0.15, -0.1) is 0 Å². The summed E-state index contributed by atoms with van der Waals surface area (Å²) in [4.78, 5) is 8.56. The standard InChI is InChI=1S/C13H17N3/c1-3-4-7-14-13-11-8-10(2)5-6-12(11)15-9-16-13/h5-6,8-9H,3-4,7H2,1-2H3,(H,14,15,16). The summed E-state index contributed by atoms with van der Waals surface area (Å²) in [6.45, 7) is 5.24. The minimum Gasteiger partial charge on any atom is -0.369 e. The van der Waals surface area contributed by atoms with E-state index in [9.17, 15) is 0 Å². The van der Waals surface area contributed by atoms with Gasteiger partial charge in [0.05, 0.1) is 5.52 Å². The molecule has 16 heavy (non-hydrogen) atoms. The first-order valence-corrected chi connectivity index (χ1v) is 5.76. The second-order valence-electron chi connectivity index (χ2n) is 4.02. The van der Waals surface area contributed by atoms with E-state index in [1.54, 1.807) is 6.33 Å². The van der Waals surface area contributed by atoms with E-state index < -0.39 is 0 Å². The van der Waals surface area contributed by atoms with Crippen molar-refractivity contribution >= 4 is 16.7 Å². The quantitative estimate of drug-likeness (QED) is 0.796. The number of nitrogens with zero attached hydrogens (tertiary/aromatic N) is 2. The fraction of sp³-hybridized carbons (Fsp3) is 0.385. The van der Waals surface area contributed by atoms with Crippen molar-refractivity contribution in [1.82, 2.24) is 9.97 Å². The van der Waals surface area contributed by atoms with Crippen LogP contribution in [0.2, 0.25) is 0 Å². The van der Waals surface area contributed by atoms with Gasteiger partial charge in [-0.05, 0) is 25.5 Å². The molecule has 3 heteroatoms. The summed E-state index contributed by atoms with van der Waals surface area (Å²) in [5.41, 5.74) is 2.24. The normalized spacial score (nSPS) is 10.6. The summed E-state index contributed by atoms with van der Waals surface area (Å²) < 4.78 is 0. The lowest BCUT2D eigenvalue weighted by Crippen LogP contribution is -2.03. The zero-order valence-electron chi connectivity index (χ0n) is 9.83. The number of nitrogens with one attached hydrogen (secondary N) is 1. The van der Waals surface area contributed by atoms with Crippen molar-refractivity contribution in [2.75, 3.05) is 11.9 Å². The van der Waals surface area contributed by atoms with Crippen molar-refractivity contribution in [1.29, 1.82) is 0 Å². The minimum atomic E-state index is 0.946. The van der Waals surface area contributed by atoms with Crippen molar-refractivity contribution < 1.29 is 0 Å². The van der Waals surface area contributed by atoms with Crippen LogP contribution in [0.25, 0.3) is 10.9 Å². The maximum atomic E-state index is 4.30. The van der Waals surface area contributed by atoms with Crippen molar-refractivity contribution in [3.8, 4) is 0 Å². The first-order chi connectivity index (χ1) is 7.81. The fourth-order valence-corrected chi connectivity index (χ4v) is 1.69. The molecule has 1 heterocycles. The molecule has 2 aromatic rings. The molecule has 3 nitrogen and oxygen atoms in total. The molecule has 0 unspecified atom stereocenters. The number of aryl methyl sites for hydroxylation is 1. The first-order valence-electron chi connectivity index (χ1n) is 5.76. The van der Waals surface area contributed by atoms with Crippen LogP contribution >= 0.6 is 0 Å². The van der Waals surface area contributed by atoms with Gasteiger partial charge in [0.25, 0.3) is 0 Å². The molecule has 0 aliphatic rings. The molecule has 0 radical (unpaired) electrons. The SMILES string of the molecule is CCCCNc1ncnc2ccc(C)cc12. The summed E-state index contributed by atoms with van der Waals surface area (Å²) in [7, 11) is 0. The number of anilines is 1. The van der Waals surface area contributed by atoms with Crippen LogP contribution in [0.4, 0.5) is 5.82 Å². The van der Waals surface area contributed by atoms with E-state index in [4.69, 9.17) is 0 Å². The van der Waals surface area contributed by atoms with Crippen molar-refractivity contribution in [2.24, 2.45) is 0 Å². The maximum Gasteiger partial charge on any atom is 0.137 e. The molecule has 2 rings (SSSR count). The number of rotatable bonds is 4. The zero-order chi connectivity index (χ0) is 11.4. The number of benzene rings is 1. The lowest BCUT2D eigenvalue weighted by molar-refractivity contribution is 0.831. The van der Waals surface area contributed by atoms with Crippen molar-refractivity contribution in [3.63, 3.8) is 0 Å². The first kappa shape index (κ1) is 10.9. The Kier molecular flexibility index (Phi) is 3.34. The lowest BCUT2D eigenvalue weighted by atomic mass is 10.1. The molecular weight excluding hydrogens is 198 g/mol. The Bertz CT molecular complexity index is 480. The van der Waals surface area contributed by atoms with Gasteiger partial charge in [0.2, 0.25) is 0 Å². The minimum absolute atomic E-state index is 0.946. The largest absolute Gasteiger partial charge is 0.369 e. The van der Waals surface area contributed by atoms with E-state index in [2.05, 4.69) is 41.3 Å². The molecule has 0 amide bonds. The molecule has 0 saturated carbocycles. The molecule has 0 aliphatic heterocycles. The number of hydrogen-bond donors (Lipinski definition) is 1. The topological polar surface area (TPSA) is 37.8 Å². The fourth-order valence-electron chi connectivity index (χ4n) is 1.69. The van der Waals surface area contributed by atoms with E-state index in [1.807, 2.05) is 6.07 Å². The monoisotopic (exact) mass is 215 g/mol. The summed E-state index contributed by atoms with van der Waals surface area (Å²) in [6.07, 6.45) is 3.97. The third kappa shape index (κ3) is 2.30. The van der Waals surface area contributed by atoms with E-state index in [-0.39, 0.29) is 0 Å². The van der Waals surface area contributed by atoms with Crippen molar-refractivity contribution in [2.45, 2.75) is 26.7 Å². The Hall–Kier alpha value is -1.64. The Balaban J connectivity index is 2.32. The van der Waals surface area contributed by atoms with Gasteiger partial charge in [-0.3, -0.25) is 0 Å². The van der Waals surface area contributed by atoms with Crippen LogP contribution in [0.1, 0.15) is 25.3 Å². The zero-order valence-corrected chi connectivity index (χ0v) is 9.83. The van der Waals surface area contributed by atoms with Gasteiger partial charge in [-0.25, -0.2) is 9.97 Å². The van der Waals surface area contributed by atoms with Gasteiger partial charge in [0.1, 0.15) is 12.1 Å². The summed E-state index contributed by atoms with van der Waals surface area (Å²) >= 11 is 0. The molecule has 0 saturated heterocycles. The van der Waals surface area contributed by atoms with Crippen molar-refractivity contribution in [3.05, 3.63) is 30.1 Å². The second-order valence-corrected chi connectivity index (χ2v) is 4.02. The molecule has 0 aliphatic carbocycles. The van der Waals surface area contributed by atoms with Crippen LogP contribution in [0.15, 0.2) is 24.5 Å². The highest BCUT2D eigenvalue weighted by Gasteiger charge is 2.02. The molecule has 0 fully saturated rings. The van der Waals surface area contributed by atoms with E-state index in [1.165, 1.54) is 12.0 Å². The predicted octanol–water partition coefficient (Wildman–Crippen LogP) is 3.15. The Morgan fingerprint density at radius 1 is 1.25 bits per heavy atom. The Morgan fingerprint density at radius 3 is 2.94 bits per heavy atom. The second kappa shape index (κ2) is 4.92. The van der Waals surface area contributed by atoms with Gasteiger partial charge in [0.15, 0.2) is 0 Å². The Labute approximate surface area is 95.9 Å². The van der Waals surface area contributed by atoms with E-state index in [0.29, 0.717) is 0 Å². The van der Waals surface area contributed by atoms with E-state index in [0.717, 1.165) is 29.7 Å².